The number of nitrogens with zero attached hydrogens (tertiary/aromatic N) is 1. The molecule has 2 heterocycles. The number of hydrogen-bond donors (Lipinski definition) is 3. The van der Waals surface area contributed by atoms with Gasteiger partial charge in [0.15, 0.2) is 11.6 Å². The van der Waals surface area contributed by atoms with Gasteiger partial charge >= 0.3 is 0 Å². The number of primary amides is 1. The fourth-order valence-corrected chi connectivity index (χ4v) is 3.64. The average Bonchev–Trinajstić information content (AvgIpc) is 3.10. The first-order valence-corrected chi connectivity index (χ1v) is 10.2. The van der Waals surface area contributed by atoms with Crippen molar-refractivity contribution in [2.75, 3.05) is 26.8 Å². The Labute approximate surface area is 200 Å². The van der Waals surface area contributed by atoms with Crippen molar-refractivity contribution < 1.29 is 36.2 Å². The Kier molecular flexibility index (Phi) is 10.9. The lowest BCUT2D eigenvalue weighted by Gasteiger charge is -2.24. The van der Waals surface area contributed by atoms with E-state index in [0.717, 1.165) is 6.07 Å². The van der Waals surface area contributed by atoms with E-state index in [1.54, 1.807) is 13.0 Å². The van der Waals surface area contributed by atoms with Crippen LogP contribution in [0.1, 0.15) is 35.8 Å². The van der Waals surface area contributed by atoms with Crippen molar-refractivity contribution in [1.82, 2.24) is 4.98 Å². The summed E-state index contributed by atoms with van der Waals surface area (Å²) in [5, 5.41) is 2.88. The van der Waals surface area contributed by atoms with Crippen molar-refractivity contribution in [3.8, 4) is 5.75 Å². The van der Waals surface area contributed by atoms with Crippen molar-refractivity contribution in [1.29, 1.82) is 0 Å². The minimum Gasteiger partial charge on any atom is -0.493 e. The number of alkyl halides is 3. The zero-order valence-corrected chi connectivity index (χ0v) is 19.9. The van der Waals surface area contributed by atoms with E-state index in [1.807, 2.05) is 0 Å². The molecule has 4 atom stereocenters. The number of anilines is 1. The molecule has 0 aliphatic carbocycles. The van der Waals surface area contributed by atoms with Gasteiger partial charge in [0, 0.05) is 35.5 Å². The minimum atomic E-state index is -2.08. The Hall–Kier alpha value is -3.41. The Morgan fingerprint density at radius 3 is 2.40 bits per heavy atom. The van der Waals surface area contributed by atoms with E-state index in [1.165, 1.54) is 38.6 Å². The van der Waals surface area contributed by atoms with Crippen LogP contribution in [0.4, 0.5) is 27.6 Å². The summed E-state index contributed by atoms with van der Waals surface area (Å²) < 4.78 is 72.7. The van der Waals surface area contributed by atoms with Crippen LogP contribution in [0.25, 0.3) is 0 Å². The summed E-state index contributed by atoms with van der Waals surface area (Å²) >= 11 is 0. The molecule has 0 radical (unpaired) electrons. The maximum absolute atomic E-state index is 15.1. The molecule has 35 heavy (non-hydrogen) atoms. The highest BCUT2D eigenvalue weighted by Gasteiger charge is 2.53. The highest BCUT2D eigenvalue weighted by Crippen LogP contribution is 2.50. The van der Waals surface area contributed by atoms with Gasteiger partial charge in [-0.3, -0.25) is 18.6 Å². The van der Waals surface area contributed by atoms with Crippen molar-refractivity contribution >= 4 is 11.6 Å². The quantitative estimate of drug-likeness (QED) is 0.504. The van der Waals surface area contributed by atoms with E-state index in [-0.39, 0.29) is 22.7 Å². The first kappa shape index (κ1) is 29.6. The third-order valence-electron chi connectivity index (χ3n) is 5.43. The normalized spacial score (nSPS) is 23.4. The molecule has 3 rings (SSSR count). The number of halogens is 5. The first-order chi connectivity index (χ1) is 16.6. The number of ether oxygens (including phenoxy) is 2. The Morgan fingerprint density at radius 1 is 1.20 bits per heavy atom. The fraction of sp³-hybridized carbons (Fsp3) is 0.391. The third-order valence-corrected chi connectivity index (χ3v) is 5.43. The highest BCUT2D eigenvalue weighted by molar-refractivity contribution is 5.91. The van der Waals surface area contributed by atoms with Crippen LogP contribution in [0, 0.1) is 17.6 Å². The van der Waals surface area contributed by atoms with Crippen molar-refractivity contribution in [2.45, 2.75) is 31.7 Å². The van der Waals surface area contributed by atoms with Gasteiger partial charge < -0.3 is 26.3 Å². The number of methoxy groups -OCH3 is 1. The molecule has 1 fully saturated rings. The lowest BCUT2D eigenvalue weighted by Crippen LogP contribution is -2.26. The van der Waals surface area contributed by atoms with Crippen LogP contribution in [0.3, 0.4) is 0 Å². The molecule has 1 saturated heterocycles. The second-order valence-corrected chi connectivity index (χ2v) is 7.41. The topological polar surface area (TPSA) is 112 Å². The van der Waals surface area contributed by atoms with Crippen LogP contribution in [0.5, 0.6) is 5.75 Å². The van der Waals surface area contributed by atoms with Gasteiger partial charge in [-0.05, 0) is 25.1 Å². The number of amides is 1. The van der Waals surface area contributed by atoms with E-state index < -0.39 is 41.3 Å². The van der Waals surface area contributed by atoms with Crippen LogP contribution in [-0.2, 0) is 4.74 Å². The number of benzene rings is 1. The third kappa shape index (κ3) is 6.59. The standard InChI is InChI=1S/C21H23F3N4O3.2CH3F/c1-10-16(12-4-5-13(22)17(23)18(12)30-3)19(31-21(10,2)24)14(25)9-28-11-6-7-27-15(8-11)20(26)29;2*1-2/h4-10,16,19H,25H2,1-3H3,(H2,26,29)(H,27,28);2*1H3/b14-9-;;/t10?,16?,19-,21+;;/m0../s1. The molecule has 194 valence electrons. The van der Waals surface area contributed by atoms with Gasteiger partial charge in [0.25, 0.3) is 5.91 Å². The highest BCUT2D eigenvalue weighted by atomic mass is 19.2. The van der Waals surface area contributed by atoms with Gasteiger partial charge in [0.1, 0.15) is 11.8 Å². The lowest BCUT2D eigenvalue weighted by atomic mass is 9.81. The van der Waals surface area contributed by atoms with Crippen LogP contribution in [-0.4, -0.2) is 44.3 Å². The number of rotatable bonds is 6. The number of hydrogen-bond acceptors (Lipinski definition) is 6. The van der Waals surface area contributed by atoms with Crippen LogP contribution >= 0.6 is 0 Å². The van der Waals surface area contributed by atoms with Gasteiger partial charge in [-0.2, -0.15) is 4.39 Å². The summed E-state index contributed by atoms with van der Waals surface area (Å²) in [6.45, 7) is 2.84. The zero-order valence-electron chi connectivity index (χ0n) is 19.9. The van der Waals surface area contributed by atoms with E-state index >= 15 is 4.39 Å². The van der Waals surface area contributed by atoms with Gasteiger partial charge in [-0.1, -0.05) is 13.0 Å². The van der Waals surface area contributed by atoms with Crippen molar-refractivity contribution in [3.05, 3.63) is 65.3 Å². The second-order valence-electron chi connectivity index (χ2n) is 7.41. The second kappa shape index (κ2) is 12.9. The summed E-state index contributed by atoms with van der Waals surface area (Å²) in [7, 11) is 2.20. The van der Waals surface area contributed by atoms with E-state index in [4.69, 9.17) is 20.9 Å². The molecule has 2 unspecified atom stereocenters. The number of pyridine rings is 1. The summed E-state index contributed by atoms with van der Waals surface area (Å²) in [6.07, 6.45) is 1.75. The van der Waals surface area contributed by atoms with Crippen molar-refractivity contribution in [2.24, 2.45) is 17.4 Å². The smallest absolute Gasteiger partial charge is 0.267 e. The summed E-state index contributed by atoms with van der Waals surface area (Å²) in [5.74, 6) is -6.90. The lowest BCUT2D eigenvalue weighted by molar-refractivity contribution is -0.130. The maximum Gasteiger partial charge on any atom is 0.267 e. The predicted octanol–water partition coefficient (Wildman–Crippen LogP) is 4.36. The molecular formula is C23H29F5N4O3. The van der Waals surface area contributed by atoms with E-state index in [2.05, 4.69) is 10.3 Å². The van der Waals surface area contributed by atoms with E-state index in [0.29, 0.717) is 20.0 Å². The maximum atomic E-state index is 15.1. The van der Waals surface area contributed by atoms with E-state index in [9.17, 15) is 22.4 Å². The monoisotopic (exact) mass is 504 g/mol. The molecule has 1 aromatic carbocycles. The van der Waals surface area contributed by atoms with Gasteiger partial charge in [0.05, 0.1) is 27.2 Å². The molecular weight excluding hydrogens is 475 g/mol. The summed E-state index contributed by atoms with van der Waals surface area (Å²) in [5.41, 5.74) is 12.2. The molecule has 2 aromatic rings. The average molecular weight is 505 g/mol. The molecule has 0 spiro atoms. The molecule has 1 aliphatic heterocycles. The fourth-order valence-electron chi connectivity index (χ4n) is 3.64. The number of carbonyl (C=O) groups excluding carboxylic acids is 1. The molecule has 5 N–H and O–H groups in total. The molecule has 0 saturated carbocycles. The largest absolute Gasteiger partial charge is 0.493 e. The Bertz CT molecular complexity index is 1040. The molecule has 1 aromatic heterocycles. The summed E-state index contributed by atoms with van der Waals surface area (Å²) in [6, 6.07) is 5.27. The summed E-state index contributed by atoms with van der Waals surface area (Å²) in [4.78, 5) is 15.1. The van der Waals surface area contributed by atoms with Crippen LogP contribution in [0.2, 0.25) is 0 Å². The van der Waals surface area contributed by atoms with Crippen molar-refractivity contribution in [3.63, 3.8) is 0 Å². The van der Waals surface area contributed by atoms with Crippen LogP contribution in [0.15, 0.2) is 42.4 Å². The zero-order chi connectivity index (χ0) is 26.9. The number of carbonyl (C=O) groups is 1. The Morgan fingerprint density at radius 2 is 1.83 bits per heavy atom. The first-order valence-electron chi connectivity index (χ1n) is 10.2. The molecule has 0 bridgehead atoms. The van der Waals surface area contributed by atoms with Gasteiger partial charge in [-0.25, -0.2) is 8.78 Å². The number of nitrogens with two attached hydrogens (primary N) is 2. The number of nitrogens with one attached hydrogen (secondary N) is 1. The van der Waals surface area contributed by atoms with Gasteiger partial charge in [0.2, 0.25) is 11.7 Å². The van der Waals surface area contributed by atoms with Crippen LogP contribution < -0.4 is 21.5 Å². The Balaban J connectivity index is 0.00000145. The molecule has 7 nitrogen and oxygen atoms in total. The molecule has 1 amide bonds. The molecule has 1 aliphatic rings. The minimum absolute atomic E-state index is 0.0449. The van der Waals surface area contributed by atoms with Gasteiger partial charge in [-0.15, -0.1) is 0 Å². The predicted molar refractivity (Wildman–Crippen MR) is 122 cm³/mol. The number of aromatic nitrogens is 1. The SMILES string of the molecule is CF.CF.COc1c(C2C(C)[C@](C)(F)O[C@H]2/C(N)=C/Nc2ccnc(C(N)=O)c2)ccc(F)c1F. The molecule has 12 heteroatoms.